The zero-order chi connectivity index (χ0) is 15.2. The van der Waals surface area contributed by atoms with Gasteiger partial charge in [-0.3, -0.25) is 9.69 Å². The summed E-state index contributed by atoms with van der Waals surface area (Å²) in [6, 6.07) is 8.13. The van der Waals surface area contributed by atoms with E-state index < -0.39 is 0 Å². The monoisotopic (exact) mass is 291 g/mol. The summed E-state index contributed by atoms with van der Waals surface area (Å²) in [4.78, 5) is 14.5. The molecule has 116 valence electrons. The Hall–Kier alpha value is -1.43. The van der Waals surface area contributed by atoms with Crippen LogP contribution in [0.5, 0.6) is 0 Å². The Morgan fingerprint density at radius 2 is 2.24 bits per heavy atom. The van der Waals surface area contributed by atoms with Gasteiger partial charge in [0.05, 0.1) is 13.2 Å². The minimum atomic E-state index is -0.220. The van der Waals surface area contributed by atoms with Crippen LogP contribution >= 0.6 is 0 Å². The maximum Gasteiger partial charge on any atom is 0.239 e. The Bertz CT molecular complexity index is 476. The predicted molar refractivity (Wildman–Crippen MR) is 82.6 cm³/mol. The SMILES string of the molecule is CC(C)NC(=O)C1COCCN1Cc1cccc(CN)c1. The molecule has 1 amide bonds. The molecule has 1 atom stereocenters. The molecule has 0 aliphatic carbocycles. The van der Waals surface area contributed by atoms with Gasteiger partial charge < -0.3 is 15.8 Å². The molecule has 5 nitrogen and oxygen atoms in total. The van der Waals surface area contributed by atoms with E-state index in [4.69, 9.17) is 10.5 Å². The highest BCUT2D eigenvalue weighted by atomic mass is 16.5. The number of nitrogens with two attached hydrogens (primary N) is 1. The summed E-state index contributed by atoms with van der Waals surface area (Å²) in [5, 5.41) is 2.97. The lowest BCUT2D eigenvalue weighted by molar-refractivity contribution is -0.133. The van der Waals surface area contributed by atoms with E-state index in [1.807, 2.05) is 26.0 Å². The van der Waals surface area contributed by atoms with Crippen molar-refractivity contribution in [1.29, 1.82) is 0 Å². The van der Waals surface area contributed by atoms with Crippen molar-refractivity contribution in [1.82, 2.24) is 10.2 Å². The van der Waals surface area contributed by atoms with Crippen LogP contribution in [0.25, 0.3) is 0 Å². The minimum Gasteiger partial charge on any atom is -0.378 e. The van der Waals surface area contributed by atoms with Crippen molar-refractivity contribution in [3.63, 3.8) is 0 Å². The van der Waals surface area contributed by atoms with Crippen LogP contribution < -0.4 is 11.1 Å². The van der Waals surface area contributed by atoms with Gasteiger partial charge in [-0.1, -0.05) is 24.3 Å². The molecule has 0 bridgehead atoms. The van der Waals surface area contributed by atoms with Gasteiger partial charge in [-0.2, -0.15) is 0 Å². The number of nitrogens with zero attached hydrogens (tertiary/aromatic N) is 1. The number of benzene rings is 1. The van der Waals surface area contributed by atoms with E-state index in [-0.39, 0.29) is 18.0 Å². The van der Waals surface area contributed by atoms with Crippen LogP contribution in [0, 0.1) is 0 Å². The van der Waals surface area contributed by atoms with Crippen molar-refractivity contribution in [3.8, 4) is 0 Å². The van der Waals surface area contributed by atoms with Gasteiger partial charge in [0.25, 0.3) is 0 Å². The summed E-state index contributed by atoms with van der Waals surface area (Å²) in [7, 11) is 0. The molecule has 21 heavy (non-hydrogen) atoms. The summed E-state index contributed by atoms with van der Waals surface area (Å²) in [5.41, 5.74) is 7.98. The second kappa shape index (κ2) is 7.54. The molecule has 1 aromatic rings. The molecule has 5 heteroatoms. The largest absolute Gasteiger partial charge is 0.378 e. The lowest BCUT2D eigenvalue weighted by Crippen LogP contribution is -2.54. The van der Waals surface area contributed by atoms with Gasteiger partial charge in [0.1, 0.15) is 6.04 Å². The predicted octanol–water partition coefficient (Wildman–Crippen LogP) is 0.871. The number of amides is 1. The number of hydrogen-bond donors (Lipinski definition) is 2. The van der Waals surface area contributed by atoms with Crippen LogP contribution in [0.15, 0.2) is 24.3 Å². The molecule has 1 saturated heterocycles. The summed E-state index contributed by atoms with van der Waals surface area (Å²) in [5.74, 6) is 0.0414. The van der Waals surface area contributed by atoms with E-state index >= 15 is 0 Å². The first-order valence-electron chi connectivity index (χ1n) is 7.50. The second-order valence-electron chi connectivity index (χ2n) is 5.75. The van der Waals surface area contributed by atoms with Gasteiger partial charge in [-0.15, -0.1) is 0 Å². The van der Waals surface area contributed by atoms with E-state index in [9.17, 15) is 4.79 Å². The number of rotatable bonds is 5. The third-order valence-corrected chi connectivity index (χ3v) is 3.59. The molecule has 1 aromatic carbocycles. The average Bonchev–Trinajstić information content (AvgIpc) is 2.47. The number of carbonyl (C=O) groups excluding carboxylic acids is 1. The van der Waals surface area contributed by atoms with Crippen LogP contribution in [0.4, 0.5) is 0 Å². The molecule has 2 rings (SSSR count). The molecule has 0 saturated carbocycles. The van der Waals surface area contributed by atoms with Gasteiger partial charge >= 0.3 is 0 Å². The van der Waals surface area contributed by atoms with Crippen LogP contribution in [0.2, 0.25) is 0 Å². The third-order valence-electron chi connectivity index (χ3n) is 3.59. The van der Waals surface area contributed by atoms with Crippen LogP contribution in [-0.2, 0) is 22.6 Å². The summed E-state index contributed by atoms with van der Waals surface area (Å²) >= 11 is 0. The molecule has 1 fully saturated rings. The van der Waals surface area contributed by atoms with Crippen molar-refractivity contribution < 1.29 is 9.53 Å². The standard InChI is InChI=1S/C16H25N3O2/c1-12(2)18-16(20)15-11-21-7-6-19(15)10-14-5-3-4-13(8-14)9-17/h3-5,8,12,15H,6-7,9-11,17H2,1-2H3,(H,18,20). The maximum atomic E-state index is 12.3. The van der Waals surface area contributed by atoms with Crippen molar-refractivity contribution >= 4 is 5.91 Å². The third kappa shape index (κ3) is 4.52. The molecule has 0 radical (unpaired) electrons. The van der Waals surface area contributed by atoms with E-state index in [1.165, 1.54) is 5.56 Å². The second-order valence-corrected chi connectivity index (χ2v) is 5.75. The molecule has 1 aliphatic rings. The quantitative estimate of drug-likeness (QED) is 0.845. The average molecular weight is 291 g/mol. The Morgan fingerprint density at radius 3 is 2.95 bits per heavy atom. The van der Waals surface area contributed by atoms with Crippen LogP contribution in [0.1, 0.15) is 25.0 Å². The van der Waals surface area contributed by atoms with E-state index in [0.29, 0.717) is 19.8 Å². The minimum absolute atomic E-state index is 0.0414. The zero-order valence-corrected chi connectivity index (χ0v) is 12.8. The van der Waals surface area contributed by atoms with Gasteiger partial charge in [-0.25, -0.2) is 0 Å². The molecule has 0 spiro atoms. The first-order valence-corrected chi connectivity index (χ1v) is 7.50. The highest BCUT2D eigenvalue weighted by Crippen LogP contribution is 2.14. The number of morpholine rings is 1. The fraction of sp³-hybridized carbons (Fsp3) is 0.562. The van der Waals surface area contributed by atoms with Crippen molar-refractivity contribution in [3.05, 3.63) is 35.4 Å². The number of hydrogen-bond acceptors (Lipinski definition) is 4. The Balaban J connectivity index is 2.06. The Kier molecular flexibility index (Phi) is 5.73. The smallest absolute Gasteiger partial charge is 0.239 e. The fourth-order valence-electron chi connectivity index (χ4n) is 2.54. The Labute approximate surface area is 126 Å². The van der Waals surface area contributed by atoms with Crippen LogP contribution in [-0.4, -0.2) is 42.6 Å². The molecular weight excluding hydrogens is 266 g/mol. The first-order chi connectivity index (χ1) is 10.1. The summed E-state index contributed by atoms with van der Waals surface area (Å²) in [6.07, 6.45) is 0. The zero-order valence-electron chi connectivity index (χ0n) is 12.8. The lowest BCUT2D eigenvalue weighted by atomic mass is 10.1. The normalized spacial score (nSPS) is 19.7. The molecule has 3 N–H and O–H groups in total. The van der Waals surface area contributed by atoms with E-state index in [0.717, 1.165) is 18.7 Å². The number of ether oxygens (including phenoxy) is 1. The first kappa shape index (κ1) is 15.9. The summed E-state index contributed by atoms with van der Waals surface area (Å²) < 4.78 is 5.48. The highest BCUT2D eigenvalue weighted by molar-refractivity contribution is 5.82. The molecular formula is C16H25N3O2. The van der Waals surface area contributed by atoms with Gasteiger partial charge in [-0.05, 0) is 25.0 Å². The highest BCUT2D eigenvalue weighted by Gasteiger charge is 2.29. The molecule has 1 aliphatic heterocycles. The lowest BCUT2D eigenvalue weighted by Gasteiger charge is -2.35. The van der Waals surface area contributed by atoms with Crippen molar-refractivity contribution in [2.75, 3.05) is 19.8 Å². The molecule has 0 aromatic heterocycles. The number of nitrogens with one attached hydrogen (secondary N) is 1. The Morgan fingerprint density at radius 1 is 1.48 bits per heavy atom. The van der Waals surface area contributed by atoms with Gasteiger partial charge in [0.2, 0.25) is 5.91 Å². The summed E-state index contributed by atoms with van der Waals surface area (Å²) in [6.45, 7) is 7.11. The maximum absolute atomic E-state index is 12.3. The van der Waals surface area contributed by atoms with Crippen molar-refractivity contribution in [2.45, 2.75) is 39.0 Å². The number of carbonyl (C=O) groups is 1. The van der Waals surface area contributed by atoms with E-state index in [2.05, 4.69) is 22.3 Å². The molecule has 1 heterocycles. The topological polar surface area (TPSA) is 67.6 Å². The fourth-order valence-corrected chi connectivity index (χ4v) is 2.54. The van der Waals surface area contributed by atoms with E-state index in [1.54, 1.807) is 0 Å². The van der Waals surface area contributed by atoms with Crippen molar-refractivity contribution in [2.24, 2.45) is 5.73 Å². The van der Waals surface area contributed by atoms with Gasteiger partial charge in [0, 0.05) is 25.7 Å². The van der Waals surface area contributed by atoms with Gasteiger partial charge in [0.15, 0.2) is 0 Å². The molecule has 1 unspecified atom stereocenters. The van der Waals surface area contributed by atoms with Crippen LogP contribution in [0.3, 0.4) is 0 Å².